The van der Waals surface area contributed by atoms with Crippen molar-refractivity contribution in [1.82, 2.24) is 13.9 Å². The Bertz CT molecular complexity index is 591. The highest BCUT2D eigenvalue weighted by atomic mass is 35.5. The molecule has 1 aromatic heterocycles. The summed E-state index contributed by atoms with van der Waals surface area (Å²) in [6.45, 7) is 3.89. The second-order valence-electron chi connectivity index (χ2n) is 5.87. The van der Waals surface area contributed by atoms with Crippen molar-refractivity contribution in [3.63, 3.8) is 0 Å². The zero-order valence-corrected chi connectivity index (χ0v) is 13.9. The Balaban J connectivity index is 0.00000161. The Morgan fingerprint density at radius 2 is 2.00 bits per heavy atom. The third kappa shape index (κ3) is 2.97. The smallest absolute Gasteiger partial charge is 0.260 e. The second kappa shape index (κ2) is 6.24. The van der Waals surface area contributed by atoms with Crippen molar-refractivity contribution in [3.05, 3.63) is 12.0 Å². The molecule has 1 aromatic rings. The van der Waals surface area contributed by atoms with E-state index in [0.717, 1.165) is 38.1 Å². The first-order chi connectivity index (χ1) is 9.50. The molecule has 0 saturated carbocycles. The average molecular weight is 335 g/mol. The third-order valence-corrected chi connectivity index (χ3v) is 6.43. The summed E-state index contributed by atoms with van der Waals surface area (Å²) in [5.74, 6) is 1.33. The highest BCUT2D eigenvalue weighted by Crippen LogP contribution is 2.27. The number of halogens is 1. The summed E-state index contributed by atoms with van der Waals surface area (Å²) in [5, 5.41) is 0.365. The number of aryl methyl sites for hydroxylation is 1. The highest BCUT2D eigenvalue weighted by molar-refractivity contribution is 7.89. The monoisotopic (exact) mass is 334 g/mol. The summed E-state index contributed by atoms with van der Waals surface area (Å²) >= 11 is 0. The molecule has 1 unspecified atom stereocenters. The Morgan fingerprint density at radius 3 is 2.62 bits per heavy atom. The summed E-state index contributed by atoms with van der Waals surface area (Å²) in [7, 11) is -3.40. The maximum absolute atomic E-state index is 12.7. The van der Waals surface area contributed by atoms with Gasteiger partial charge in [0.25, 0.3) is 10.0 Å². The van der Waals surface area contributed by atoms with Crippen LogP contribution >= 0.6 is 12.4 Å². The molecule has 2 N–H and O–H groups in total. The standard InChI is InChI=1S/C13H22N4O2S.ClH/c1-10(14)11-4-7-16(8-5-11)20(18,19)13-9-15-12-3-2-6-17(12)13;/h9-11H,2-8,14H2,1H3;1H. The van der Waals surface area contributed by atoms with Crippen LogP contribution in [0.3, 0.4) is 0 Å². The van der Waals surface area contributed by atoms with Gasteiger partial charge in [0.2, 0.25) is 0 Å². The molecule has 120 valence electrons. The molecule has 8 heteroatoms. The first-order valence-electron chi connectivity index (χ1n) is 7.30. The maximum Gasteiger partial charge on any atom is 0.260 e. The summed E-state index contributed by atoms with van der Waals surface area (Å²) in [4.78, 5) is 4.24. The minimum absolute atomic E-state index is 0. The third-order valence-electron chi connectivity index (χ3n) is 4.53. The van der Waals surface area contributed by atoms with Gasteiger partial charge in [-0.25, -0.2) is 13.4 Å². The van der Waals surface area contributed by atoms with Gasteiger partial charge in [-0.15, -0.1) is 12.4 Å². The number of fused-ring (bicyclic) bond motifs is 1. The van der Waals surface area contributed by atoms with E-state index in [4.69, 9.17) is 5.73 Å². The van der Waals surface area contributed by atoms with E-state index < -0.39 is 10.0 Å². The van der Waals surface area contributed by atoms with Gasteiger partial charge in [0, 0.05) is 32.1 Å². The van der Waals surface area contributed by atoms with Gasteiger partial charge in [-0.05, 0) is 32.1 Å². The molecule has 2 aliphatic rings. The average Bonchev–Trinajstić information content (AvgIpc) is 3.00. The highest BCUT2D eigenvalue weighted by Gasteiger charge is 2.34. The molecule has 3 rings (SSSR count). The number of rotatable bonds is 3. The van der Waals surface area contributed by atoms with Crippen LogP contribution in [0.15, 0.2) is 11.2 Å². The lowest BCUT2D eigenvalue weighted by Crippen LogP contribution is -2.42. The fraction of sp³-hybridized carbons (Fsp3) is 0.769. The van der Waals surface area contributed by atoms with E-state index in [1.165, 1.54) is 6.20 Å². The number of sulfonamides is 1. The minimum atomic E-state index is -3.40. The minimum Gasteiger partial charge on any atom is -0.328 e. The molecule has 0 aromatic carbocycles. The normalized spacial score (nSPS) is 21.8. The van der Waals surface area contributed by atoms with E-state index in [2.05, 4.69) is 4.98 Å². The summed E-state index contributed by atoms with van der Waals surface area (Å²) in [6.07, 6.45) is 5.07. The molecule has 0 radical (unpaired) electrons. The second-order valence-corrected chi connectivity index (χ2v) is 7.75. The summed E-state index contributed by atoms with van der Waals surface area (Å²) in [5.41, 5.74) is 5.91. The molecule has 0 aliphatic carbocycles. The quantitative estimate of drug-likeness (QED) is 0.894. The zero-order valence-electron chi connectivity index (χ0n) is 12.2. The fourth-order valence-corrected chi connectivity index (χ4v) is 4.83. The van der Waals surface area contributed by atoms with E-state index in [1.54, 1.807) is 4.31 Å². The Hall–Kier alpha value is -0.630. The molecule has 21 heavy (non-hydrogen) atoms. The molecular weight excluding hydrogens is 312 g/mol. The molecule has 0 bridgehead atoms. The number of nitrogens with zero attached hydrogens (tertiary/aromatic N) is 3. The molecule has 3 heterocycles. The molecule has 1 atom stereocenters. The van der Waals surface area contributed by atoms with Crippen molar-refractivity contribution in [2.24, 2.45) is 11.7 Å². The fourth-order valence-electron chi connectivity index (χ4n) is 3.21. The summed E-state index contributed by atoms with van der Waals surface area (Å²) < 4.78 is 28.9. The van der Waals surface area contributed by atoms with Crippen molar-refractivity contribution in [3.8, 4) is 0 Å². The molecule has 0 spiro atoms. The van der Waals surface area contributed by atoms with Crippen LogP contribution in [-0.2, 0) is 23.0 Å². The van der Waals surface area contributed by atoms with E-state index in [0.29, 0.717) is 24.0 Å². The molecule has 2 aliphatic heterocycles. The predicted octanol–water partition coefficient (Wildman–Crippen LogP) is 0.999. The van der Waals surface area contributed by atoms with E-state index in [9.17, 15) is 8.42 Å². The molecule has 1 fully saturated rings. The van der Waals surface area contributed by atoms with Crippen LogP contribution in [-0.4, -0.2) is 41.4 Å². The van der Waals surface area contributed by atoms with Gasteiger partial charge in [-0.3, -0.25) is 0 Å². The number of hydrogen-bond donors (Lipinski definition) is 1. The van der Waals surface area contributed by atoms with Crippen molar-refractivity contribution < 1.29 is 8.42 Å². The van der Waals surface area contributed by atoms with Crippen LogP contribution in [0, 0.1) is 5.92 Å². The number of piperidine rings is 1. The van der Waals surface area contributed by atoms with Crippen LogP contribution < -0.4 is 5.73 Å². The van der Waals surface area contributed by atoms with E-state index in [1.807, 2.05) is 11.5 Å². The number of nitrogens with two attached hydrogens (primary N) is 1. The van der Waals surface area contributed by atoms with Crippen molar-refractivity contribution in [1.29, 1.82) is 0 Å². The van der Waals surface area contributed by atoms with Gasteiger partial charge in [-0.1, -0.05) is 0 Å². The van der Waals surface area contributed by atoms with Crippen LogP contribution in [0.5, 0.6) is 0 Å². The summed E-state index contributed by atoms with van der Waals surface area (Å²) in [6, 6.07) is 0.138. The van der Waals surface area contributed by atoms with Crippen molar-refractivity contribution in [2.45, 2.75) is 50.2 Å². The molecular formula is C13H23ClN4O2S. The van der Waals surface area contributed by atoms with Crippen LogP contribution in [0.25, 0.3) is 0 Å². The Labute approximate surface area is 132 Å². The van der Waals surface area contributed by atoms with E-state index in [-0.39, 0.29) is 18.4 Å². The van der Waals surface area contributed by atoms with Gasteiger partial charge in [0.1, 0.15) is 5.82 Å². The topological polar surface area (TPSA) is 81.2 Å². The van der Waals surface area contributed by atoms with Gasteiger partial charge in [-0.2, -0.15) is 4.31 Å². The predicted molar refractivity (Wildman–Crippen MR) is 82.9 cm³/mol. The van der Waals surface area contributed by atoms with Crippen molar-refractivity contribution in [2.75, 3.05) is 13.1 Å². The van der Waals surface area contributed by atoms with E-state index >= 15 is 0 Å². The number of aromatic nitrogens is 2. The van der Waals surface area contributed by atoms with Crippen LogP contribution in [0.1, 0.15) is 32.0 Å². The Morgan fingerprint density at radius 1 is 1.33 bits per heavy atom. The first kappa shape index (κ1) is 16.7. The molecule has 6 nitrogen and oxygen atoms in total. The SMILES string of the molecule is CC(N)C1CCN(S(=O)(=O)c2cnc3n2CCC3)CC1.Cl. The number of imidazole rings is 1. The van der Waals surface area contributed by atoms with Crippen LogP contribution in [0.4, 0.5) is 0 Å². The van der Waals surface area contributed by atoms with Crippen LogP contribution in [0.2, 0.25) is 0 Å². The zero-order chi connectivity index (χ0) is 14.3. The van der Waals surface area contributed by atoms with Gasteiger partial charge < -0.3 is 10.3 Å². The maximum atomic E-state index is 12.7. The largest absolute Gasteiger partial charge is 0.328 e. The van der Waals surface area contributed by atoms with Gasteiger partial charge >= 0.3 is 0 Å². The van der Waals surface area contributed by atoms with Crippen molar-refractivity contribution >= 4 is 22.4 Å². The van der Waals surface area contributed by atoms with Gasteiger partial charge in [0.05, 0.1) is 6.20 Å². The molecule has 1 saturated heterocycles. The lowest BCUT2D eigenvalue weighted by Gasteiger charge is -2.32. The number of hydrogen-bond acceptors (Lipinski definition) is 4. The lowest BCUT2D eigenvalue weighted by molar-refractivity contribution is 0.250. The first-order valence-corrected chi connectivity index (χ1v) is 8.74. The Kier molecular flexibility index (Phi) is 4.97. The van der Waals surface area contributed by atoms with Gasteiger partial charge in [0.15, 0.2) is 5.03 Å². The lowest BCUT2D eigenvalue weighted by atomic mass is 9.92. The molecule has 0 amide bonds.